The van der Waals surface area contributed by atoms with Crippen molar-refractivity contribution >= 4 is 12.4 Å². The van der Waals surface area contributed by atoms with Gasteiger partial charge in [0.05, 0.1) is 0 Å². The Balaban J connectivity index is 0. The van der Waals surface area contributed by atoms with Crippen molar-refractivity contribution in [1.82, 2.24) is 0 Å². The maximum absolute atomic E-state index is 0. The second-order valence-electron chi connectivity index (χ2n) is 0. The molecule has 0 rings (SSSR count). The largest absolute Gasteiger partial charge is 0.269 e. The van der Waals surface area contributed by atoms with Gasteiger partial charge in [-0.2, -0.15) is 0 Å². The van der Waals surface area contributed by atoms with E-state index in [0.717, 1.165) is 0 Å². The van der Waals surface area contributed by atoms with E-state index >= 15 is 0 Å². The summed E-state index contributed by atoms with van der Waals surface area (Å²) in [7, 11) is 0. The quantitative estimate of drug-likeness (QED) is 0.588. The van der Waals surface area contributed by atoms with Gasteiger partial charge in [0.15, 0.2) is 0 Å². The first-order valence-electron chi connectivity index (χ1n) is 0. The number of hydrogen-bond acceptors (Lipinski definition) is 0. The first-order valence-corrected chi connectivity index (χ1v) is 0. The van der Waals surface area contributed by atoms with Gasteiger partial charge in [-0.3, -0.25) is 23.5 Å². The second kappa shape index (κ2) is 532. The Morgan fingerprint density at radius 2 is 0.429 bits per heavy atom. The summed E-state index contributed by atoms with van der Waals surface area (Å²) in [5, 5.41) is 0. The van der Waals surface area contributed by atoms with Crippen molar-refractivity contribution in [3.05, 3.63) is 0 Å². The Labute approximate surface area is 57.6 Å². The molecule has 0 spiro atoms. The maximum atomic E-state index is 0. The fourth-order valence-electron chi connectivity index (χ4n) is 0. The minimum absolute atomic E-state index is 0. The van der Waals surface area contributed by atoms with Crippen LogP contribution in [0.3, 0.4) is 0 Å². The standard InChI is InChI=1S/ClH.5FH.W/h6*1H;. The summed E-state index contributed by atoms with van der Waals surface area (Å²) in [6, 6.07) is 0. The normalized spacial score (nSPS) is 0. The van der Waals surface area contributed by atoms with E-state index in [2.05, 4.69) is 0 Å². The van der Waals surface area contributed by atoms with E-state index in [1.807, 2.05) is 0 Å². The molecule has 0 saturated heterocycles. The predicted molar refractivity (Wildman–Crippen MR) is 19.8 cm³/mol. The van der Waals surface area contributed by atoms with E-state index in [-0.39, 0.29) is 57.0 Å². The maximum Gasteiger partial charge on any atom is 0 e. The zero-order chi connectivity index (χ0) is 0. The van der Waals surface area contributed by atoms with Crippen LogP contribution in [-0.4, -0.2) is 0 Å². The zero-order valence-electron chi connectivity index (χ0n) is 2.86. The zero-order valence-corrected chi connectivity index (χ0v) is 6.61. The summed E-state index contributed by atoms with van der Waals surface area (Å²) in [5.74, 6) is 0. The van der Waals surface area contributed by atoms with Crippen LogP contribution in [0.25, 0.3) is 0 Å². The molecule has 0 aromatic rings. The number of rotatable bonds is 0. The van der Waals surface area contributed by atoms with E-state index in [9.17, 15) is 0 Å². The first kappa shape index (κ1) is 849. The van der Waals surface area contributed by atoms with Crippen molar-refractivity contribution in [2.45, 2.75) is 0 Å². The third-order valence-corrected chi connectivity index (χ3v) is 0. The molecule has 0 N–H and O–H groups in total. The van der Waals surface area contributed by atoms with Gasteiger partial charge in [-0.1, -0.05) is 0 Å². The molecule has 0 unspecified atom stereocenters. The van der Waals surface area contributed by atoms with E-state index in [4.69, 9.17) is 0 Å². The van der Waals surface area contributed by atoms with Crippen LogP contribution in [0.2, 0.25) is 0 Å². The molecule has 54 valence electrons. The van der Waals surface area contributed by atoms with Crippen LogP contribution in [0.4, 0.5) is 23.5 Å². The van der Waals surface area contributed by atoms with Crippen LogP contribution in [-0.2, 0) is 21.1 Å². The van der Waals surface area contributed by atoms with Crippen molar-refractivity contribution in [2.75, 3.05) is 0 Å². The Kier molecular flexibility index (Phi) is 64500. The predicted octanol–water partition coefficient (Wildman–Crippen LogP) is 1.18. The minimum Gasteiger partial charge on any atom is -0.269 e. The van der Waals surface area contributed by atoms with Crippen LogP contribution >= 0.6 is 12.4 Å². The average molecular weight is 320 g/mol. The fourth-order valence-corrected chi connectivity index (χ4v) is 0. The van der Waals surface area contributed by atoms with Gasteiger partial charge in [-0.15, -0.1) is 12.4 Å². The first-order chi connectivity index (χ1) is 0. The molecular weight excluding hydrogens is 314 g/mol. The van der Waals surface area contributed by atoms with Gasteiger partial charge in [0.25, 0.3) is 0 Å². The molecule has 0 aliphatic carbocycles. The van der Waals surface area contributed by atoms with Gasteiger partial charge in [-0.25, -0.2) is 0 Å². The molecule has 0 saturated carbocycles. The Morgan fingerprint density at radius 3 is 0.429 bits per heavy atom. The van der Waals surface area contributed by atoms with E-state index in [0.29, 0.717) is 0 Å². The summed E-state index contributed by atoms with van der Waals surface area (Å²) < 4.78 is 0. The Hall–Kier alpha value is 0.628. The summed E-state index contributed by atoms with van der Waals surface area (Å²) in [6.45, 7) is 0. The summed E-state index contributed by atoms with van der Waals surface area (Å²) in [6.07, 6.45) is 0. The molecule has 0 heterocycles. The summed E-state index contributed by atoms with van der Waals surface area (Å²) in [4.78, 5) is 0. The molecule has 0 fully saturated rings. The SMILES string of the molecule is Cl.F.F.F.F.F.[W]. The van der Waals surface area contributed by atoms with Crippen LogP contribution in [0.5, 0.6) is 0 Å². The minimum atomic E-state index is 0. The van der Waals surface area contributed by atoms with Crippen LogP contribution < -0.4 is 0 Å². The van der Waals surface area contributed by atoms with Crippen molar-refractivity contribution in [1.29, 1.82) is 0 Å². The fraction of sp³-hybridized carbons (Fsp3) is 0. The molecule has 0 radical (unpaired) electrons. The number of halogens is 6. The van der Waals surface area contributed by atoms with Gasteiger partial charge in [0.1, 0.15) is 0 Å². The summed E-state index contributed by atoms with van der Waals surface area (Å²) >= 11 is 0. The summed E-state index contributed by atoms with van der Waals surface area (Å²) in [5.41, 5.74) is 0. The van der Waals surface area contributed by atoms with Crippen molar-refractivity contribution < 1.29 is 44.6 Å². The molecule has 0 aliphatic heterocycles. The molecule has 0 bridgehead atoms. The van der Waals surface area contributed by atoms with E-state index < -0.39 is 0 Å². The molecule has 0 aromatic heterocycles. The van der Waals surface area contributed by atoms with Gasteiger partial charge in [0.2, 0.25) is 0 Å². The molecule has 0 amide bonds. The van der Waals surface area contributed by atoms with Crippen molar-refractivity contribution in [3.8, 4) is 0 Å². The monoisotopic (exact) mass is 320 g/mol. The van der Waals surface area contributed by atoms with E-state index in [1.54, 1.807) is 0 Å². The third kappa shape index (κ3) is 360. The van der Waals surface area contributed by atoms with E-state index in [1.165, 1.54) is 0 Å². The average Bonchev–Trinajstić information content (AvgIpc) is 0. The molecule has 0 atom stereocenters. The third-order valence-electron chi connectivity index (χ3n) is 0. The number of hydrogen-bond donors (Lipinski definition) is 0. The Morgan fingerprint density at radius 1 is 0.429 bits per heavy atom. The molecule has 0 nitrogen and oxygen atoms in total. The van der Waals surface area contributed by atoms with Crippen molar-refractivity contribution in [3.63, 3.8) is 0 Å². The van der Waals surface area contributed by atoms with Crippen LogP contribution in [0.15, 0.2) is 0 Å². The van der Waals surface area contributed by atoms with Gasteiger partial charge in [0, 0.05) is 21.1 Å². The molecule has 0 aromatic carbocycles. The molecule has 7 heteroatoms. The van der Waals surface area contributed by atoms with Crippen LogP contribution in [0.1, 0.15) is 0 Å². The van der Waals surface area contributed by atoms with Crippen LogP contribution in [0, 0.1) is 0 Å². The van der Waals surface area contributed by atoms with Crippen molar-refractivity contribution in [2.24, 2.45) is 0 Å². The topological polar surface area (TPSA) is 0 Å². The Bertz CT molecular complexity index is 8.04. The van der Waals surface area contributed by atoms with Gasteiger partial charge < -0.3 is 0 Å². The molecular formula is H6ClF5W. The van der Waals surface area contributed by atoms with Gasteiger partial charge >= 0.3 is 0 Å². The molecule has 7 heavy (non-hydrogen) atoms. The second-order valence-corrected chi connectivity index (χ2v) is 0. The van der Waals surface area contributed by atoms with Gasteiger partial charge in [-0.05, 0) is 0 Å². The smallest absolute Gasteiger partial charge is 0 e. The molecule has 0 aliphatic rings.